The van der Waals surface area contributed by atoms with Crippen molar-refractivity contribution >= 4 is 11.6 Å². The van der Waals surface area contributed by atoms with Gasteiger partial charge in [0.05, 0.1) is 0 Å². The largest absolute Gasteiger partial charge is 0.383 e. The summed E-state index contributed by atoms with van der Waals surface area (Å²) in [7, 11) is 2.18. The Morgan fingerprint density at radius 2 is 2.26 bits per heavy atom. The molecule has 3 N–H and O–H groups in total. The van der Waals surface area contributed by atoms with Gasteiger partial charge in [0.2, 0.25) is 5.91 Å². The molecule has 0 radical (unpaired) electrons. The quantitative estimate of drug-likeness (QED) is 0.871. The van der Waals surface area contributed by atoms with E-state index in [2.05, 4.69) is 17.3 Å². The van der Waals surface area contributed by atoms with Gasteiger partial charge in [-0.3, -0.25) is 4.79 Å². The Balaban J connectivity index is 2.03. The van der Waals surface area contributed by atoms with Crippen LogP contribution >= 0.6 is 0 Å². The third kappa shape index (κ3) is 3.26. The average Bonchev–Trinajstić information content (AvgIpc) is 2.39. The minimum absolute atomic E-state index is 0.365. The number of hydrogen-bond acceptors (Lipinski definition) is 3. The molecule has 1 fully saturated rings. The Morgan fingerprint density at radius 1 is 1.47 bits per heavy atom. The van der Waals surface area contributed by atoms with E-state index in [1.54, 1.807) is 6.07 Å². The second kappa shape index (κ2) is 6.06. The number of nitrogens with one attached hydrogen (secondary N) is 1. The smallest absolute Gasteiger partial charge is 0.249 e. The van der Waals surface area contributed by atoms with Crippen LogP contribution in [0.2, 0.25) is 0 Å². The number of rotatable bonds is 4. The van der Waals surface area contributed by atoms with Crippen LogP contribution < -0.4 is 11.1 Å². The van der Waals surface area contributed by atoms with E-state index in [-0.39, 0.29) is 5.91 Å². The van der Waals surface area contributed by atoms with Gasteiger partial charge in [-0.1, -0.05) is 12.5 Å². The van der Waals surface area contributed by atoms with Gasteiger partial charge < -0.3 is 16.0 Å². The van der Waals surface area contributed by atoms with E-state index in [4.69, 9.17) is 5.73 Å². The Hall–Kier alpha value is -1.55. The van der Waals surface area contributed by atoms with Crippen molar-refractivity contribution in [3.8, 4) is 0 Å². The molecule has 1 unspecified atom stereocenters. The fraction of sp³-hybridized carbons (Fsp3) is 0.533. The Morgan fingerprint density at radius 3 is 2.95 bits per heavy atom. The summed E-state index contributed by atoms with van der Waals surface area (Å²) in [5, 5.41) is 3.46. The van der Waals surface area contributed by atoms with Crippen LogP contribution in [0.25, 0.3) is 0 Å². The number of carbonyl (C=O) groups excluding carboxylic acids is 1. The topological polar surface area (TPSA) is 58.4 Å². The fourth-order valence-corrected chi connectivity index (χ4v) is 2.72. The molecule has 1 aromatic rings. The van der Waals surface area contributed by atoms with Gasteiger partial charge in [0, 0.05) is 23.8 Å². The number of likely N-dealkylation sites (N-methyl/N-ethyl adjacent to an activating group) is 1. The van der Waals surface area contributed by atoms with Gasteiger partial charge in [-0.15, -0.1) is 0 Å². The molecular formula is C15H23N3O. The maximum Gasteiger partial charge on any atom is 0.249 e. The van der Waals surface area contributed by atoms with Crippen LogP contribution in [0.15, 0.2) is 18.2 Å². The highest BCUT2D eigenvalue weighted by Gasteiger charge is 2.18. The molecule has 1 amide bonds. The van der Waals surface area contributed by atoms with E-state index >= 15 is 0 Å². The molecule has 1 atom stereocenters. The fourth-order valence-electron chi connectivity index (χ4n) is 2.72. The number of likely N-dealkylation sites (tertiary alicyclic amines) is 1. The van der Waals surface area contributed by atoms with Gasteiger partial charge in [-0.05, 0) is 51.1 Å². The highest BCUT2D eigenvalue weighted by atomic mass is 16.1. The van der Waals surface area contributed by atoms with E-state index in [1.165, 1.54) is 25.8 Å². The molecule has 0 aromatic heterocycles. The number of benzene rings is 1. The maximum absolute atomic E-state index is 11.3. The molecule has 0 saturated carbocycles. The first-order chi connectivity index (χ1) is 9.09. The normalized spacial score (nSPS) is 20.2. The summed E-state index contributed by atoms with van der Waals surface area (Å²) in [6.45, 7) is 4.03. The molecule has 1 saturated heterocycles. The first kappa shape index (κ1) is 13.9. The zero-order valence-electron chi connectivity index (χ0n) is 11.8. The number of primary amides is 1. The third-order valence-electron chi connectivity index (χ3n) is 4.05. The zero-order chi connectivity index (χ0) is 13.8. The third-order valence-corrected chi connectivity index (χ3v) is 4.05. The van der Waals surface area contributed by atoms with Gasteiger partial charge in [-0.25, -0.2) is 0 Å². The SMILES string of the molecule is Cc1c(NCC2CCCCN2C)cccc1C(N)=O. The van der Waals surface area contributed by atoms with Gasteiger partial charge >= 0.3 is 0 Å². The number of anilines is 1. The first-order valence-electron chi connectivity index (χ1n) is 6.93. The Bertz CT molecular complexity index is 459. The number of amides is 1. The lowest BCUT2D eigenvalue weighted by molar-refractivity contribution is 0.1000. The molecule has 104 valence electrons. The van der Waals surface area contributed by atoms with E-state index in [0.29, 0.717) is 11.6 Å². The molecule has 0 aliphatic carbocycles. The lowest BCUT2D eigenvalue weighted by Gasteiger charge is -2.33. The molecular weight excluding hydrogens is 238 g/mol. The maximum atomic E-state index is 11.3. The number of carbonyl (C=O) groups is 1. The van der Waals surface area contributed by atoms with Crippen molar-refractivity contribution in [2.75, 3.05) is 25.5 Å². The van der Waals surface area contributed by atoms with Crippen molar-refractivity contribution in [2.45, 2.75) is 32.2 Å². The standard InChI is InChI=1S/C15H23N3O/c1-11-13(15(16)19)7-5-8-14(11)17-10-12-6-3-4-9-18(12)2/h5,7-8,12,17H,3-4,6,9-10H2,1-2H3,(H2,16,19). The predicted octanol–water partition coefficient (Wildman–Crippen LogP) is 1.99. The molecule has 0 bridgehead atoms. The molecule has 4 heteroatoms. The summed E-state index contributed by atoms with van der Waals surface area (Å²) in [6, 6.07) is 6.23. The van der Waals surface area contributed by atoms with Crippen LogP contribution in [0.1, 0.15) is 35.2 Å². The number of nitrogens with two attached hydrogens (primary N) is 1. The summed E-state index contributed by atoms with van der Waals surface area (Å²) in [4.78, 5) is 13.7. The first-order valence-corrected chi connectivity index (χ1v) is 6.93. The number of hydrogen-bond donors (Lipinski definition) is 2. The van der Waals surface area contributed by atoms with Gasteiger partial charge in [0.1, 0.15) is 0 Å². The van der Waals surface area contributed by atoms with E-state index in [9.17, 15) is 4.79 Å². The van der Waals surface area contributed by atoms with Gasteiger partial charge in [0.25, 0.3) is 0 Å². The van der Waals surface area contributed by atoms with Crippen molar-refractivity contribution in [3.63, 3.8) is 0 Å². The molecule has 4 nitrogen and oxygen atoms in total. The molecule has 1 aromatic carbocycles. The highest BCUT2D eigenvalue weighted by molar-refractivity contribution is 5.95. The molecule has 19 heavy (non-hydrogen) atoms. The van der Waals surface area contributed by atoms with Crippen molar-refractivity contribution in [1.29, 1.82) is 0 Å². The lowest BCUT2D eigenvalue weighted by Crippen LogP contribution is -2.40. The van der Waals surface area contributed by atoms with Crippen molar-refractivity contribution in [2.24, 2.45) is 5.73 Å². The number of piperidine rings is 1. The average molecular weight is 261 g/mol. The second-order valence-corrected chi connectivity index (χ2v) is 5.35. The summed E-state index contributed by atoms with van der Waals surface area (Å²) >= 11 is 0. The summed E-state index contributed by atoms with van der Waals surface area (Å²) in [5.74, 6) is -0.365. The Labute approximate surface area is 115 Å². The molecule has 1 aliphatic rings. The minimum Gasteiger partial charge on any atom is -0.383 e. The van der Waals surface area contributed by atoms with Crippen molar-refractivity contribution in [1.82, 2.24) is 4.90 Å². The monoisotopic (exact) mass is 261 g/mol. The summed E-state index contributed by atoms with van der Waals surface area (Å²) in [6.07, 6.45) is 3.83. The van der Waals surface area contributed by atoms with Crippen molar-refractivity contribution in [3.05, 3.63) is 29.3 Å². The van der Waals surface area contributed by atoms with Crippen molar-refractivity contribution < 1.29 is 4.79 Å². The Kier molecular flexibility index (Phi) is 4.43. The van der Waals surface area contributed by atoms with Crippen LogP contribution in [0, 0.1) is 6.92 Å². The summed E-state index contributed by atoms with van der Waals surface area (Å²) in [5.41, 5.74) is 7.92. The van der Waals surface area contributed by atoms with Gasteiger partial charge in [0.15, 0.2) is 0 Å². The van der Waals surface area contributed by atoms with E-state index in [1.807, 2.05) is 19.1 Å². The second-order valence-electron chi connectivity index (χ2n) is 5.35. The number of nitrogens with zero attached hydrogens (tertiary/aromatic N) is 1. The van der Waals surface area contributed by atoms with Crippen LogP contribution in [-0.4, -0.2) is 37.0 Å². The molecule has 1 heterocycles. The summed E-state index contributed by atoms with van der Waals surface area (Å²) < 4.78 is 0. The minimum atomic E-state index is -0.365. The van der Waals surface area contributed by atoms with Gasteiger partial charge in [-0.2, -0.15) is 0 Å². The van der Waals surface area contributed by atoms with Crippen LogP contribution in [0.3, 0.4) is 0 Å². The predicted molar refractivity (Wildman–Crippen MR) is 78.5 cm³/mol. The highest BCUT2D eigenvalue weighted by Crippen LogP contribution is 2.20. The van der Waals surface area contributed by atoms with Crippen LogP contribution in [0.5, 0.6) is 0 Å². The zero-order valence-corrected chi connectivity index (χ0v) is 11.8. The van der Waals surface area contributed by atoms with Crippen LogP contribution in [-0.2, 0) is 0 Å². The molecule has 1 aliphatic heterocycles. The molecule has 0 spiro atoms. The van der Waals surface area contributed by atoms with Crippen LogP contribution in [0.4, 0.5) is 5.69 Å². The lowest BCUT2D eigenvalue weighted by atomic mass is 10.0. The van der Waals surface area contributed by atoms with E-state index < -0.39 is 0 Å². The van der Waals surface area contributed by atoms with E-state index in [0.717, 1.165) is 17.8 Å². The molecule has 2 rings (SSSR count).